The van der Waals surface area contributed by atoms with Gasteiger partial charge in [-0.25, -0.2) is 0 Å². The summed E-state index contributed by atoms with van der Waals surface area (Å²) in [7, 11) is 1.74. The second-order valence-electron chi connectivity index (χ2n) is 6.98. The standard InChI is InChI=1S/C20H24ClN3O3/c1-3-27-19(26)20(13-15-6-4-7-16(21)12-15)9-5-11-24(14-20)18(25)17-8-10-22-23(17)2/h4,6-8,10,12H,3,5,9,11,13-14H2,1-2H3/t20-/m0/s1. The van der Waals surface area contributed by atoms with Crippen molar-refractivity contribution in [3.05, 3.63) is 52.8 Å². The smallest absolute Gasteiger partial charge is 0.314 e. The number of likely N-dealkylation sites (tertiary alicyclic amines) is 1. The lowest BCUT2D eigenvalue weighted by Gasteiger charge is -2.41. The summed E-state index contributed by atoms with van der Waals surface area (Å²) in [6, 6.07) is 9.19. The molecule has 27 heavy (non-hydrogen) atoms. The lowest BCUT2D eigenvalue weighted by atomic mass is 9.75. The van der Waals surface area contributed by atoms with Gasteiger partial charge in [0.05, 0.1) is 12.0 Å². The van der Waals surface area contributed by atoms with E-state index in [1.165, 1.54) is 0 Å². The van der Waals surface area contributed by atoms with E-state index in [4.69, 9.17) is 16.3 Å². The third-order valence-corrected chi connectivity index (χ3v) is 5.28. The van der Waals surface area contributed by atoms with E-state index in [-0.39, 0.29) is 11.9 Å². The van der Waals surface area contributed by atoms with E-state index >= 15 is 0 Å². The van der Waals surface area contributed by atoms with Crippen molar-refractivity contribution in [3.8, 4) is 0 Å². The number of rotatable bonds is 5. The Kier molecular flexibility index (Phi) is 5.85. The van der Waals surface area contributed by atoms with Crippen molar-refractivity contribution < 1.29 is 14.3 Å². The fourth-order valence-corrected chi connectivity index (χ4v) is 3.97. The molecular weight excluding hydrogens is 366 g/mol. The van der Waals surface area contributed by atoms with Crippen LogP contribution in [-0.2, 0) is 23.0 Å². The lowest BCUT2D eigenvalue weighted by molar-refractivity contribution is -0.158. The quantitative estimate of drug-likeness (QED) is 0.737. The molecule has 144 valence electrons. The van der Waals surface area contributed by atoms with Crippen LogP contribution in [0.25, 0.3) is 0 Å². The molecular formula is C20H24ClN3O3. The van der Waals surface area contributed by atoms with Gasteiger partial charge in [-0.1, -0.05) is 23.7 Å². The summed E-state index contributed by atoms with van der Waals surface area (Å²) in [4.78, 5) is 27.6. The van der Waals surface area contributed by atoms with Crippen molar-refractivity contribution in [2.24, 2.45) is 12.5 Å². The molecule has 1 saturated heterocycles. The van der Waals surface area contributed by atoms with E-state index in [9.17, 15) is 9.59 Å². The SMILES string of the molecule is CCOC(=O)[C@]1(Cc2cccc(Cl)c2)CCCN(C(=O)c2ccnn2C)C1. The molecule has 0 aliphatic carbocycles. The normalized spacial score (nSPS) is 19.7. The van der Waals surface area contributed by atoms with Gasteiger partial charge in [-0.3, -0.25) is 14.3 Å². The molecule has 0 N–H and O–H groups in total. The topological polar surface area (TPSA) is 64.4 Å². The van der Waals surface area contributed by atoms with E-state index in [1.807, 2.05) is 18.2 Å². The van der Waals surface area contributed by atoms with Gasteiger partial charge in [0.1, 0.15) is 5.69 Å². The van der Waals surface area contributed by atoms with Gasteiger partial charge in [0.15, 0.2) is 0 Å². The minimum absolute atomic E-state index is 0.116. The number of amides is 1. The fraction of sp³-hybridized carbons (Fsp3) is 0.450. The molecule has 1 aromatic heterocycles. The maximum atomic E-state index is 12.9. The number of carbonyl (C=O) groups excluding carboxylic acids is 2. The maximum Gasteiger partial charge on any atom is 0.314 e. The first kappa shape index (κ1) is 19.4. The zero-order valence-corrected chi connectivity index (χ0v) is 16.4. The molecule has 1 aromatic carbocycles. The van der Waals surface area contributed by atoms with Gasteiger partial charge < -0.3 is 9.64 Å². The van der Waals surface area contributed by atoms with Gasteiger partial charge in [-0.2, -0.15) is 5.10 Å². The summed E-state index contributed by atoms with van der Waals surface area (Å²) >= 11 is 6.12. The lowest BCUT2D eigenvalue weighted by Crippen LogP contribution is -2.52. The number of halogens is 1. The number of aromatic nitrogens is 2. The van der Waals surface area contributed by atoms with Crippen molar-refractivity contribution in [2.45, 2.75) is 26.2 Å². The highest BCUT2D eigenvalue weighted by atomic mass is 35.5. The van der Waals surface area contributed by atoms with Crippen LogP contribution in [0.5, 0.6) is 0 Å². The van der Waals surface area contributed by atoms with Crippen molar-refractivity contribution in [3.63, 3.8) is 0 Å². The highest BCUT2D eigenvalue weighted by Crippen LogP contribution is 2.36. The monoisotopic (exact) mass is 389 g/mol. The summed E-state index contributed by atoms with van der Waals surface area (Å²) in [5, 5.41) is 4.70. The zero-order valence-electron chi connectivity index (χ0n) is 15.7. The molecule has 0 radical (unpaired) electrons. The molecule has 3 rings (SSSR count). The molecule has 0 spiro atoms. The molecule has 1 atom stereocenters. The van der Waals surface area contributed by atoms with E-state index < -0.39 is 5.41 Å². The first-order chi connectivity index (χ1) is 12.9. The summed E-state index contributed by atoms with van der Waals surface area (Å²) in [6.45, 7) is 3.04. The number of hydrogen-bond donors (Lipinski definition) is 0. The largest absolute Gasteiger partial charge is 0.466 e. The van der Waals surface area contributed by atoms with E-state index in [0.29, 0.717) is 43.3 Å². The summed E-state index contributed by atoms with van der Waals surface area (Å²) in [5.74, 6) is -0.373. The highest BCUT2D eigenvalue weighted by Gasteiger charge is 2.45. The van der Waals surface area contributed by atoms with Crippen LogP contribution in [0.4, 0.5) is 0 Å². The van der Waals surface area contributed by atoms with Crippen LogP contribution in [0, 0.1) is 5.41 Å². The predicted octanol–water partition coefficient (Wildman–Crippen LogP) is 3.10. The number of hydrogen-bond acceptors (Lipinski definition) is 4. The molecule has 2 heterocycles. The Morgan fingerprint density at radius 1 is 1.33 bits per heavy atom. The van der Waals surface area contributed by atoms with Crippen molar-refractivity contribution in [2.75, 3.05) is 19.7 Å². The average Bonchev–Trinajstić information content (AvgIpc) is 3.07. The van der Waals surface area contributed by atoms with Crippen LogP contribution in [0.15, 0.2) is 36.5 Å². The number of esters is 1. The molecule has 0 unspecified atom stereocenters. The van der Waals surface area contributed by atoms with E-state index in [0.717, 1.165) is 12.0 Å². The Balaban J connectivity index is 1.89. The molecule has 1 amide bonds. The van der Waals surface area contributed by atoms with Crippen molar-refractivity contribution in [1.29, 1.82) is 0 Å². The van der Waals surface area contributed by atoms with Crippen LogP contribution >= 0.6 is 11.6 Å². The summed E-state index contributed by atoms with van der Waals surface area (Å²) < 4.78 is 6.96. The van der Waals surface area contributed by atoms with Gasteiger partial charge in [0.2, 0.25) is 0 Å². The molecule has 6 nitrogen and oxygen atoms in total. The van der Waals surface area contributed by atoms with E-state index in [2.05, 4.69) is 5.10 Å². The molecule has 2 aromatic rings. The second-order valence-corrected chi connectivity index (χ2v) is 7.41. The number of nitrogens with zero attached hydrogens (tertiary/aromatic N) is 3. The third-order valence-electron chi connectivity index (χ3n) is 5.04. The number of piperidine rings is 1. The molecule has 1 aliphatic heterocycles. The molecule has 0 bridgehead atoms. The Bertz CT molecular complexity index is 835. The maximum absolute atomic E-state index is 12.9. The number of benzene rings is 1. The Hall–Kier alpha value is -2.34. The van der Waals surface area contributed by atoms with Gasteiger partial charge in [-0.15, -0.1) is 0 Å². The highest BCUT2D eigenvalue weighted by molar-refractivity contribution is 6.30. The molecule has 0 saturated carbocycles. The number of aryl methyl sites for hydroxylation is 1. The predicted molar refractivity (Wildman–Crippen MR) is 103 cm³/mol. The van der Waals surface area contributed by atoms with Gasteiger partial charge >= 0.3 is 5.97 Å². The van der Waals surface area contributed by atoms with Crippen LogP contribution < -0.4 is 0 Å². The fourth-order valence-electron chi connectivity index (χ4n) is 3.76. The average molecular weight is 390 g/mol. The molecule has 7 heteroatoms. The number of ether oxygens (including phenoxy) is 1. The summed E-state index contributed by atoms with van der Waals surface area (Å²) in [5.41, 5.74) is 0.704. The van der Waals surface area contributed by atoms with Crippen LogP contribution in [0.3, 0.4) is 0 Å². The Morgan fingerprint density at radius 3 is 2.81 bits per heavy atom. The van der Waals surface area contributed by atoms with Gasteiger partial charge in [-0.05, 0) is 49.9 Å². The Morgan fingerprint density at radius 2 is 2.15 bits per heavy atom. The molecule has 1 fully saturated rings. The van der Waals surface area contributed by atoms with Gasteiger partial charge in [0.25, 0.3) is 5.91 Å². The van der Waals surface area contributed by atoms with Crippen molar-refractivity contribution in [1.82, 2.24) is 14.7 Å². The molecule has 1 aliphatic rings. The second kappa shape index (κ2) is 8.13. The third kappa shape index (κ3) is 4.16. The summed E-state index contributed by atoms with van der Waals surface area (Å²) in [6.07, 6.45) is 3.50. The van der Waals surface area contributed by atoms with Crippen LogP contribution in [0.1, 0.15) is 35.8 Å². The van der Waals surface area contributed by atoms with Gasteiger partial charge in [0, 0.05) is 31.4 Å². The zero-order chi connectivity index (χ0) is 19.4. The van der Waals surface area contributed by atoms with Crippen LogP contribution in [-0.4, -0.2) is 46.3 Å². The number of carbonyl (C=O) groups is 2. The Labute approximate surface area is 164 Å². The first-order valence-electron chi connectivity index (χ1n) is 9.14. The first-order valence-corrected chi connectivity index (χ1v) is 9.52. The van der Waals surface area contributed by atoms with E-state index in [1.54, 1.807) is 41.9 Å². The minimum atomic E-state index is -0.771. The van der Waals surface area contributed by atoms with Crippen LogP contribution in [0.2, 0.25) is 5.02 Å². The van der Waals surface area contributed by atoms with Crippen molar-refractivity contribution >= 4 is 23.5 Å². The minimum Gasteiger partial charge on any atom is -0.466 e.